The standard InChI is InChI=1S/C27H18O12/c1-8-10(22(32)13-7-38-17-5-15(30)14(29)4-11(17)23(13)33)3-12-24(34)20-18(39-26(12)19(8)9(2)28)6-16(31)25(35)21(20)27(36)37/h3-6,13,29-31,35H,7H2,1-2H3,(H,36,37)/t13-/m1/s1. The number of Topliss-reactive ketones (excluding diaryl/α,β-unsaturated/α-hetero) is 3. The summed E-state index contributed by atoms with van der Waals surface area (Å²) in [7, 11) is 0. The summed E-state index contributed by atoms with van der Waals surface area (Å²) < 4.78 is 11.2. The largest absolute Gasteiger partial charge is 0.504 e. The van der Waals surface area contributed by atoms with Crippen molar-refractivity contribution in [2.75, 3.05) is 6.61 Å². The Morgan fingerprint density at radius 2 is 1.59 bits per heavy atom. The molecule has 4 aromatic rings. The zero-order chi connectivity index (χ0) is 28.5. The van der Waals surface area contributed by atoms with Crippen molar-refractivity contribution in [3.63, 3.8) is 0 Å². The molecule has 0 saturated carbocycles. The number of ketones is 3. The van der Waals surface area contributed by atoms with Gasteiger partial charge >= 0.3 is 5.97 Å². The highest BCUT2D eigenvalue weighted by molar-refractivity contribution is 6.21. The fourth-order valence-electron chi connectivity index (χ4n) is 4.79. The van der Waals surface area contributed by atoms with E-state index in [1.165, 1.54) is 6.92 Å². The minimum absolute atomic E-state index is 0.0459. The van der Waals surface area contributed by atoms with Crippen molar-refractivity contribution in [2.24, 2.45) is 5.92 Å². The molecule has 12 heteroatoms. The number of hydrogen-bond donors (Lipinski definition) is 5. The molecule has 0 bridgehead atoms. The molecule has 12 nitrogen and oxygen atoms in total. The quantitative estimate of drug-likeness (QED) is 0.111. The molecule has 1 aliphatic heterocycles. The number of aromatic carboxylic acids is 1. The van der Waals surface area contributed by atoms with E-state index in [9.17, 15) is 49.5 Å². The fraction of sp³-hybridized carbons (Fsp3) is 0.148. The summed E-state index contributed by atoms with van der Waals surface area (Å²) in [5.74, 6) is -8.49. The number of phenols is 4. The first-order chi connectivity index (χ1) is 18.3. The monoisotopic (exact) mass is 534 g/mol. The van der Waals surface area contributed by atoms with Gasteiger partial charge in [0.2, 0.25) is 5.43 Å². The number of benzene rings is 3. The van der Waals surface area contributed by atoms with Crippen LogP contribution in [0, 0.1) is 12.8 Å². The van der Waals surface area contributed by atoms with Crippen LogP contribution in [0.5, 0.6) is 28.7 Å². The molecule has 0 unspecified atom stereocenters. The summed E-state index contributed by atoms with van der Waals surface area (Å²) in [4.78, 5) is 64.8. The predicted octanol–water partition coefficient (Wildman–Crippen LogP) is 3.05. The first-order valence-electron chi connectivity index (χ1n) is 11.3. The summed E-state index contributed by atoms with van der Waals surface area (Å²) in [6, 6.07) is 3.88. The molecular formula is C27H18O12. The van der Waals surface area contributed by atoms with Crippen LogP contribution in [0.1, 0.15) is 53.9 Å². The Balaban J connectivity index is 1.78. The molecule has 1 aromatic heterocycles. The molecule has 0 aliphatic carbocycles. The minimum Gasteiger partial charge on any atom is -0.504 e. The van der Waals surface area contributed by atoms with Crippen LogP contribution in [0.15, 0.2) is 33.5 Å². The molecule has 1 atom stereocenters. The molecule has 0 saturated heterocycles. The summed E-state index contributed by atoms with van der Waals surface area (Å²) >= 11 is 0. The number of aromatic hydroxyl groups is 4. The number of carbonyl (C=O) groups excluding carboxylic acids is 3. The first kappa shape index (κ1) is 25.3. The predicted molar refractivity (Wildman–Crippen MR) is 132 cm³/mol. The van der Waals surface area contributed by atoms with Crippen LogP contribution in [-0.4, -0.2) is 55.5 Å². The van der Waals surface area contributed by atoms with E-state index in [0.717, 1.165) is 31.2 Å². The Labute approximate surface area is 216 Å². The number of carboxylic acids is 1. The van der Waals surface area contributed by atoms with E-state index in [1.54, 1.807) is 0 Å². The molecule has 3 aromatic carbocycles. The number of rotatable bonds is 4. The minimum atomic E-state index is -1.74. The Hall–Kier alpha value is -5.39. The Morgan fingerprint density at radius 3 is 2.23 bits per heavy atom. The second-order valence-corrected chi connectivity index (χ2v) is 9.01. The van der Waals surface area contributed by atoms with Crippen molar-refractivity contribution in [1.29, 1.82) is 0 Å². The van der Waals surface area contributed by atoms with Gasteiger partial charge in [-0.05, 0) is 31.5 Å². The number of phenolic OH excluding ortho intramolecular Hbond substituents is 3. The summed E-state index contributed by atoms with van der Waals surface area (Å²) in [6.07, 6.45) is 0. The lowest BCUT2D eigenvalue weighted by Gasteiger charge is -2.24. The third kappa shape index (κ3) is 3.64. The average molecular weight is 534 g/mol. The van der Waals surface area contributed by atoms with E-state index in [2.05, 4.69) is 0 Å². The van der Waals surface area contributed by atoms with Gasteiger partial charge in [0, 0.05) is 17.7 Å². The summed E-state index contributed by atoms with van der Waals surface area (Å²) in [5, 5.41) is 48.2. The fourth-order valence-corrected chi connectivity index (χ4v) is 4.79. The van der Waals surface area contributed by atoms with Gasteiger partial charge in [-0.1, -0.05) is 0 Å². The summed E-state index contributed by atoms with van der Waals surface area (Å²) in [5.41, 5.74) is -3.15. The van der Waals surface area contributed by atoms with Crippen LogP contribution in [0.2, 0.25) is 0 Å². The van der Waals surface area contributed by atoms with Gasteiger partial charge in [0.05, 0.1) is 21.9 Å². The van der Waals surface area contributed by atoms with Crippen molar-refractivity contribution in [1.82, 2.24) is 0 Å². The Bertz CT molecular complexity index is 1880. The maximum Gasteiger partial charge on any atom is 0.340 e. The van der Waals surface area contributed by atoms with Crippen LogP contribution in [0.4, 0.5) is 0 Å². The second kappa shape index (κ2) is 8.58. The molecule has 5 N–H and O–H groups in total. The highest BCUT2D eigenvalue weighted by atomic mass is 16.5. The van der Waals surface area contributed by atoms with Crippen LogP contribution in [-0.2, 0) is 0 Å². The van der Waals surface area contributed by atoms with Crippen LogP contribution in [0.3, 0.4) is 0 Å². The van der Waals surface area contributed by atoms with E-state index in [0.29, 0.717) is 0 Å². The normalized spacial score (nSPS) is 14.7. The van der Waals surface area contributed by atoms with Crippen LogP contribution < -0.4 is 10.2 Å². The van der Waals surface area contributed by atoms with Crippen molar-refractivity contribution in [3.05, 3.63) is 62.3 Å². The molecule has 1 aliphatic rings. The van der Waals surface area contributed by atoms with Gasteiger partial charge in [-0.3, -0.25) is 19.2 Å². The molecule has 2 heterocycles. The second-order valence-electron chi connectivity index (χ2n) is 9.01. The molecule has 5 rings (SSSR count). The van der Waals surface area contributed by atoms with Gasteiger partial charge in [0.1, 0.15) is 35.0 Å². The Morgan fingerprint density at radius 1 is 0.923 bits per heavy atom. The van der Waals surface area contributed by atoms with Crippen molar-refractivity contribution < 1.29 is 53.9 Å². The van der Waals surface area contributed by atoms with Crippen molar-refractivity contribution in [2.45, 2.75) is 13.8 Å². The van der Waals surface area contributed by atoms with Crippen molar-refractivity contribution >= 4 is 45.3 Å². The number of hydrogen-bond acceptors (Lipinski definition) is 11. The van der Waals surface area contributed by atoms with E-state index in [-0.39, 0.29) is 39.0 Å². The zero-order valence-corrected chi connectivity index (χ0v) is 20.2. The average Bonchev–Trinajstić information content (AvgIpc) is 2.85. The lowest BCUT2D eigenvalue weighted by molar-refractivity contribution is 0.0689. The van der Waals surface area contributed by atoms with Gasteiger partial charge in [-0.15, -0.1) is 0 Å². The smallest absolute Gasteiger partial charge is 0.340 e. The van der Waals surface area contributed by atoms with E-state index >= 15 is 0 Å². The molecule has 198 valence electrons. The zero-order valence-electron chi connectivity index (χ0n) is 20.2. The molecule has 0 spiro atoms. The topological polar surface area (TPSA) is 209 Å². The summed E-state index contributed by atoms with van der Waals surface area (Å²) in [6.45, 7) is 2.11. The molecule has 39 heavy (non-hydrogen) atoms. The van der Waals surface area contributed by atoms with Crippen LogP contribution >= 0.6 is 0 Å². The lowest BCUT2D eigenvalue weighted by Crippen LogP contribution is -2.34. The number of ether oxygens (including phenoxy) is 1. The third-order valence-corrected chi connectivity index (χ3v) is 6.68. The molecule has 0 radical (unpaired) electrons. The van der Waals surface area contributed by atoms with Gasteiger partial charge in [-0.25, -0.2) is 4.79 Å². The maximum atomic E-state index is 13.6. The molecule has 0 fully saturated rings. The van der Waals surface area contributed by atoms with E-state index in [1.807, 2.05) is 0 Å². The number of carbonyl (C=O) groups is 4. The Kier molecular flexibility index (Phi) is 5.56. The number of fused-ring (bicyclic) bond motifs is 3. The van der Waals surface area contributed by atoms with Crippen molar-refractivity contribution in [3.8, 4) is 28.7 Å². The van der Waals surface area contributed by atoms with Gasteiger partial charge < -0.3 is 34.7 Å². The number of carboxylic acid groups (broad SMARTS) is 1. The van der Waals surface area contributed by atoms with E-state index < -0.39 is 80.8 Å². The molecule has 0 amide bonds. The first-order valence-corrected chi connectivity index (χ1v) is 11.3. The van der Waals surface area contributed by atoms with Gasteiger partial charge in [-0.2, -0.15) is 0 Å². The highest BCUT2D eigenvalue weighted by Crippen LogP contribution is 2.39. The third-order valence-electron chi connectivity index (χ3n) is 6.68. The van der Waals surface area contributed by atoms with Gasteiger partial charge in [0.15, 0.2) is 40.3 Å². The highest BCUT2D eigenvalue weighted by Gasteiger charge is 2.37. The van der Waals surface area contributed by atoms with Gasteiger partial charge in [0.25, 0.3) is 0 Å². The SMILES string of the molecule is CC(=O)c1c(C)c(C(=O)[C@H]2COc3cc(O)c(O)cc3C2=O)cc2c(=O)c3c(C(=O)O)c(O)c(O)cc3oc12. The van der Waals surface area contributed by atoms with E-state index in [4.69, 9.17) is 9.15 Å². The molecular weight excluding hydrogens is 516 g/mol. The lowest BCUT2D eigenvalue weighted by atomic mass is 9.84. The van der Waals surface area contributed by atoms with Crippen LogP contribution in [0.25, 0.3) is 21.9 Å². The maximum absolute atomic E-state index is 13.6.